The maximum absolute atomic E-state index is 6.94. The van der Waals surface area contributed by atoms with Crippen LogP contribution >= 0.6 is 28.6 Å². The van der Waals surface area contributed by atoms with Gasteiger partial charge in [0.15, 0.2) is 0 Å². The van der Waals surface area contributed by atoms with Crippen molar-refractivity contribution in [1.29, 1.82) is 0 Å². The molecule has 2 aromatic carbocycles. The monoisotopic (exact) mass is 453 g/mol. The van der Waals surface area contributed by atoms with Crippen LogP contribution in [0.4, 0.5) is 0 Å². The Balaban J connectivity index is 0. The van der Waals surface area contributed by atoms with Crippen LogP contribution in [-0.2, 0) is 20.8 Å². The molecule has 0 aromatic heterocycles. The van der Waals surface area contributed by atoms with E-state index in [-0.39, 0.29) is 5.54 Å². The minimum absolute atomic E-state index is 0.250. The van der Waals surface area contributed by atoms with Crippen molar-refractivity contribution in [3.05, 3.63) is 46.7 Å². The number of benzene rings is 1. The van der Waals surface area contributed by atoms with Gasteiger partial charge in [-0.2, -0.15) is 6.07 Å². The zero-order valence-corrected chi connectivity index (χ0v) is 19.7. The molecule has 0 saturated heterocycles. The van der Waals surface area contributed by atoms with Crippen molar-refractivity contribution in [3.63, 3.8) is 0 Å². The van der Waals surface area contributed by atoms with E-state index in [4.69, 9.17) is 34.4 Å². The van der Waals surface area contributed by atoms with E-state index in [9.17, 15) is 0 Å². The van der Waals surface area contributed by atoms with Gasteiger partial charge in [-0.25, -0.2) is 0 Å². The zero-order chi connectivity index (χ0) is 17.8. The van der Waals surface area contributed by atoms with E-state index in [1.165, 1.54) is 10.9 Å². The Morgan fingerprint density at radius 2 is 1.59 bits per heavy atom. The van der Waals surface area contributed by atoms with Crippen LogP contribution in [0.25, 0.3) is 16.5 Å². The van der Waals surface area contributed by atoms with E-state index in [1.807, 2.05) is 32.9 Å². The molecule has 0 saturated carbocycles. The Hall–Kier alpha value is 0.760. The first-order valence-corrected chi connectivity index (χ1v) is 15.4. The van der Waals surface area contributed by atoms with Crippen LogP contribution in [0.2, 0.25) is 18.1 Å². The van der Waals surface area contributed by atoms with Gasteiger partial charge in [0, 0.05) is 9.52 Å². The Labute approximate surface area is 161 Å². The average Bonchev–Trinajstić information content (AvgIpc) is 2.71. The van der Waals surface area contributed by atoms with Crippen molar-refractivity contribution >= 4 is 48.9 Å². The molecule has 0 aliphatic heterocycles. The van der Waals surface area contributed by atoms with Gasteiger partial charge < -0.3 is 5.73 Å². The molecule has 2 aromatic rings. The zero-order valence-electron chi connectivity index (χ0n) is 14.0. The number of hydrogen-bond donors (Lipinski definition) is 0. The molecule has 1 N–H and O–H groups in total. The molecule has 122 valence electrons. The van der Waals surface area contributed by atoms with Crippen LogP contribution in [0.3, 0.4) is 0 Å². The van der Waals surface area contributed by atoms with Crippen molar-refractivity contribution in [3.8, 4) is 0 Å². The summed E-state index contributed by atoms with van der Waals surface area (Å²) in [6, 6.07) is 10.2. The van der Waals surface area contributed by atoms with E-state index in [0.29, 0.717) is 0 Å². The summed E-state index contributed by atoms with van der Waals surface area (Å²) >= 11 is 5.14. The van der Waals surface area contributed by atoms with Crippen LogP contribution in [0.5, 0.6) is 0 Å². The fourth-order valence-corrected chi connectivity index (χ4v) is 1.58. The molecule has 0 fully saturated rings. The first-order chi connectivity index (χ1) is 10.1. The van der Waals surface area contributed by atoms with E-state index < -0.39 is 20.8 Å². The van der Waals surface area contributed by atoms with E-state index in [1.54, 1.807) is 0 Å². The maximum atomic E-state index is 6.94. The van der Waals surface area contributed by atoms with Crippen molar-refractivity contribution in [2.45, 2.75) is 46.3 Å². The summed E-state index contributed by atoms with van der Waals surface area (Å²) in [5.41, 5.74) is 7.96. The molecular weight excluding hydrogens is 432 g/mol. The molecule has 0 bridgehead atoms. The molecule has 0 spiro atoms. The van der Waals surface area contributed by atoms with Gasteiger partial charge in [-0.1, -0.05) is 58.5 Å². The van der Waals surface area contributed by atoms with Gasteiger partial charge in [-0.3, -0.25) is 0 Å². The van der Waals surface area contributed by atoms with Gasteiger partial charge in [-0.05, 0) is 5.02 Å². The van der Waals surface area contributed by atoms with Crippen molar-refractivity contribution < 1.29 is 20.8 Å². The first kappa shape index (κ1) is 25.0. The summed E-state index contributed by atoms with van der Waals surface area (Å²) < 4.78 is 0. The van der Waals surface area contributed by atoms with Gasteiger partial charge in [0.25, 0.3) is 0 Å². The van der Waals surface area contributed by atoms with Crippen molar-refractivity contribution in [1.82, 2.24) is 0 Å². The predicted octanol–water partition coefficient (Wildman–Crippen LogP) is 7.52. The molecule has 2 rings (SSSR count). The van der Waals surface area contributed by atoms with Gasteiger partial charge in [0.05, 0.1) is 0 Å². The summed E-state index contributed by atoms with van der Waals surface area (Å²) in [5.74, 6) is 0. The third kappa shape index (κ3) is 15.6. The molecule has 0 amide bonds. The van der Waals surface area contributed by atoms with Crippen LogP contribution in [0.15, 0.2) is 30.3 Å². The molecular formula is C16H24Cl3NSiZr. The summed E-state index contributed by atoms with van der Waals surface area (Å²) in [4.78, 5) is 0. The van der Waals surface area contributed by atoms with Crippen LogP contribution in [0.1, 0.15) is 26.3 Å². The summed E-state index contributed by atoms with van der Waals surface area (Å²) in [6.07, 6.45) is 0. The summed E-state index contributed by atoms with van der Waals surface area (Å²) in [7, 11) is 11.0. The number of aryl methyl sites for hydroxylation is 1. The molecule has 0 atom stereocenters. The topological polar surface area (TPSA) is 23.8 Å². The average molecular weight is 456 g/mol. The van der Waals surface area contributed by atoms with Crippen LogP contribution in [-0.4, -0.2) is 15.1 Å². The number of fused-ring (bicyclic) bond motifs is 1. The molecule has 22 heavy (non-hydrogen) atoms. The molecule has 1 nitrogen and oxygen atoms in total. The molecule has 0 aliphatic rings. The third-order valence-corrected chi connectivity index (χ3v) is 2.17. The van der Waals surface area contributed by atoms with Crippen LogP contribution < -0.4 is 0 Å². The predicted molar refractivity (Wildman–Crippen MR) is 103 cm³/mol. The first-order valence-electron chi connectivity index (χ1n) is 6.72. The van der Waals surface area contributed by atoms with E-state index in [0.717, 1.165) is 19.9 Å². The van der Waals surface area contributed by atoms with Gasteiger partial charge in [0.1, 0.15) is 0 Å². The Morgan fingerprint density at radius 1 is 1.18 bits per heavy atom. The Kier molecular flexibility index (Phi) is 16.1. The SMILES string of the molecule is CC(C)(C)[NH-].C[Si]C.Cc1cc2c(Cl)cccc2[cH-]1.[Cl][Zr+2][Cl]. The second-order valence-corrected chi connectivity index (χ2v) is 10.7. The fourth-order valence-electron chi connectivity index (χ4n) is 1.35. The van der Waals surface area contributed by atoms with Gasteiger partial charge in [0.2, 0.25) is 0 Å². The standard InChI is InChI=1S/C10H8Cl.C4H10N.C2H6Si.2ClH.Zr/c1-7-5-8-3-2-4-10(11)9(8)6-7;1-4(2,3)5;1-3-2;;;/h2-6H,1H3;5H,1-3H3;1-2H3;2*1H;/q2*-1;;;;+4/p-2. The number of hydrogen-bond acceptors (Lipinski definition) is 0. The normalized spacial score (nSPS) is 9.36. The van der Waals surface area contributed by atoms with E-state index in [2.05, 4.69) is 38.2 Å². The van der Waals surface area contributed by atoms with Gasteiger partial charge in [-0.15, -0.1) is 40.1 Å². The molecule has 0 aliphatic carbocycles. The molecule has 0 unspecified atom stereocenters. The number of halogens is 3. The summed E-state index contributed by atoms with van der Waals surface area (Å²) in [5, 5.41) is 3.23. The van der Waals surface area contributed by atoms with Gasteiger partial charge >= 0.3 is 37.9 Å². The third-order valence-electron chi connectivity index (χ3n) is 1.84. The van der Waals surface area contributed by atoms with E-state index >= 15 is 0 Å². The number of rotatable bonds is 0. The molecule has 2 radical (unpaired) electrons. The second kappa shape index (κ2) is 14.1. The summed E-state index contributed by atoms with van der Waals surface area (Å²) in [6.45, 7) is 11.9. The molecule has 6 heteroatoms. The quantitative estimate of drug-likeness (QED) is 0.289. The van der Waals surface area contributed by atoms with Crippen LogP contribution in [0, 0.1) is 6.92 Å². The number of nitrogens with one attached hydrogen (secondary N) is 1. The van der Waals surface area contributed by atoms with Crippen molar-refractivity contribution in [2.75, 3.05) is 0 Å². The minimum atomic E-state index is -0.826. The second-order valence-electron chi connectivity index (χ2n) is 5.60. The van der Waals surface area contributed by atoms with Crippen molar-refractivity contribution in [2.24, 2.45) is 0 Å². The Morgan fingerprint density at radius 3 is 1.95 bits per heavy atom. The molecule has 0 heterocycles. The fraction of sp³-hybridized carbons (Fsp3) is 0.438. The Bertz CT molecular complexity index is 502.